The summed E-state index contributed by atoms with van der Waals surface area (Å²) in [4.78, 5) is 26.2. The number of carbonyl (C=O) groups excluding carboxylic acids is 2. The van der Waals surface area contributed by atoms with Gasteiger partial charge in [0.1, 0.15) is 0 Å². The molecule has 0 bridgehead atoms. The molecule has 1 fully saturated rings. The third-order valence-corrected chi connectivity index (χ3v) is 4.29. The zero-order valence-corrected chi connectivity index (χ0v) is 13.6. The van der Waals surface area contributed by atoms with Crippen molar-refractivity contribution in [2.45, 2.75) is 26.3 Å². The summed E-state index contributed by atoms with van der Waals surface area (Å²) in [5.74, 6) is 0.244. The van der Waals surface area contributed by atoms with Crippen LogP contribution in [0, 0.1) is 5.92 Å². The van der Waals surface area contributed by atoms with Crippen molar-refractivity contribution in [2.24, 2.45) is 5.92 Å². The van der Waals surface area contributed by atoms with Crippen molar-refractivity contribution >= 4 is 11.8 Å². The number of piperidine rings is 1. The largest absolute Gasteiger partial charge is 0.349 e. The molecule has 5 heteroatoms. The summed E-state index contributed by atoms with van der Waals surface area (Å²) in [6.07, 6.45) is 0.935. The molecule has 5 nitrogen and oxygen atoms in total. The highest BCUT2D eigenvalue weighted by atomic mass is 16.2. The predicted molar refractivity (Wildman–Crippen MR) is 87.0 cm³/mol. The van der Waals surface area contributed by atoms with E-state index in [4.69, 9.17) is 0 Å². The lowest BCUT2D eigenvalue weighted by Gasteiger charge is -2.30. The molecule has 0 aromatic heterocycles. The maximum Gasteiger partial charge on any atom is 0.253 e. The van der Waals surface area contributed by atoms with E-state index in [-0.39, 0.29) is 17.9 Å². The number of rotatable bonds is 4. The standard InChI is InChI=1S/C17H25N3O2/c1-4-20(3)17(22)14-7-5-6-13(10-14)16(21)19-15-8-9-18-11-12(15)2/h5-7,10,12,15,18H,4,8-9,11H2,1-3H3,(H,19,21). The highest BCUT2D eigenvalue weighted by molar-refractivity contribution is 5.99. The molecule has 2 unspecified atom stereocenters. The lowest BCUT2D eigenvalue weighted by atomic mass is 9.95. The zero-order valence-electron chi connectivity index (χ0n) is 13.6. The Morgan fingerprint density at radius 1 is 1.36 bits per heavy atom. The second-order valence-corrected chi connectivity index (χ2v) is 5.95. The Bertz CT molecular complexity index is 544. The number of hydrogen-bond acceptors (Lipinski definition) is 3. The molecule has 0 saturated carbocycles. The monoisotopic (exact) mass is 303 g/mol. The summed E-state index contributed by atoms with van der Waals surface area (Å²) in [5, 5.41) is 6.41. The van der Waals surface area contributed by atoms with Crippen LogP contribution in [0.3, 0.4) is 0 Å². The van der Waals surface area contributed by atoms with Gasteiger partial charge in [-0.15, -0.1) is 0 Å². The fourth-order valence-electron chi connectivity index (χ4n) is 2.64. The summed E-state index contributed by atoms with van der Waals surface area (Å²) in [6, 6.07) is 7.13. The minimum absolute atomic E-state index is 0.0626. The van der Waals surface area contributed by atoms with Crippen molar-refractivity contribution in [1.82, 2.24) is 15.5 Å². The van der Waals surface area contributed by atoms with Crippen LogP contribution in [0.15, 0.2) is 24.3 Å². The van der Waals surface area contributed by atoms with E-state index in [0.29, 0.717) is 23.6 Å². The first-order valence-corrected chi connectivity index (χ1v) is 7.90. The third kappa shape index (κ3) is 3.85. The van der Waals surface area contributed by atoms with Gasteiger partial charge in [0.2, 0.25) is 0 Å². The van der Waals surface area contributed by atoms with Crippen molar-refractivity contribution in [3.8, 4) is 0 Å². The molecule has 22 heavy (non-hydrogen) atoms. The molecule has 0 radical (unpaired) electrons. The van der Waals surface area contributed by atoms with Gasteiger partial charge >= 0.3 is 0 Å². The molecule has 1 aromatic rings. The Kier molecular flexibility index (Phi) is 5.55. The average molecular weight is 303 g/mol. The van der Waals surface area contributed by atoms with Crippen molar-refractivity contribution in [3.05, 3.63) is 35.4 Å². The quantitative estimate of drug-likeness (QED) is 0.886. The van der Waals surface area contributed by atoms with Gasteiger partial charge in [-0.1, -0.05) is 13.0 Å². The van der Waals surface area contributed by atoms with Gasteiger partial charge in [0.05, 0.1) is 0 Å². The van der Waals surface area contributed by atoms with Gasteiger partial charge in [-0.05, 0) is 50.6 Å². The van der Waals surface area contributed by atoms with E-state index in [9.17, 15) is 9.59 Å². The molecule has 0 aliphatic carbocycles. The summed E-state index contributed by atoms with van der Waals surface area (Å²) >= 11 is 0. The van der Waals surface area contributed by atoms with E-state index in [1.807, 2.05) is 6.92 Å². The highest BCUT2D eigenvalue weighted by Crippen LogP contribution is 2.13. The van der Waals surface area contributed by atoms with E-state index in [1.165, 1.54) is 0 Å². The summed E-state index contributed by atoms with van der Waals surface area (Å²) in [5.41, 5.74) is 1.09. The number of nitrogens with one attached hydrogen (secondary N) is 2. The Morgan fingerprint density at radius 3 is 2.77 bits per heavy atom. The van der Waals surface area contributed by atoms with Gasteiger partial charge in [0, 0.05) is 30.8 Å². The Morgan fingerprint density at radius 2 is 2.09 bits per heavy atom. The lowest BCUT2D eigenvalue weighted by Crippen LogP contribution is -2.48. The van der Waals surface area contributed by atoms with Crippen LogP contribution in [0.1, 0.15) is 41.0 Å². The molecule has 1 saturated heterocycles. The fourth-order valence-corrected chi connectivity index (χ4v) is 2.64. The van der Waals surface area contributed by atoms with E-state index >= 15 is 0 Å². The molecule has 2 rings (SSSR count). The minimum atomic E-state index is -0.104. The highest BCUT2D eigenvalue weighted by Gasteiger charge is 2.23. The van der Waals surface area contributed by atoms with Crippen LogP contribution in [0.2, 0.25) is 0 Å². The van der Waals surface area contributed by atoms with Crippen LogP contribution < -0.4 is 10.6 Å². The molecule has 1 aliphatic heterocycles. The number of hydrogen-bond donors (Lipinski definition) is 2. The Hall–Kier alpha value is -1.88. The van der Waals surface area contributed by atoms with E-state index in [1.54, 1.807) is 36.2 Å². The SMILES string of the molecule is CCN(C)C(=O)c1cccc(C(=O)NC2CCNCC2C)c1. The van der Waals surface area contributed by atoms with Gasteiger partial charge in [-0.3, -0.25) is 9.59 Å². The van der Waals surface area contributed by atoms with Crippen molar-refractivity contribution in [1.29, 1.82) is 0 Å². The van der Waals surface area contributed by atoms with Gasteiger partial charge in [-0.25, -0.2) is 0 Å². The topological polar surface area (TPSA) is 61.4 Å². The number of carbonyl (C=O) groups is 2. The van der Waals surface area contributed by atoms with E-state index < -0.39 is 0 Å². The zero-order chi connectivity index (χ0) is 16.1. The van der Waals surface area contributed by atoms with Crippen molar-refractivity contribution in [3.63, 3.8) is 0 Å². The smallest absolute Gasteiger partial charge is 0.253 e. The van der Waals surface area contributed by atoms with Crippen LogP contribution in [0.4, 0.5) is 0 Å². The molecule has 1 aliphatic rings. The van der Waals surface area contributed by atoms with Gasteiger partial charge in [0.15, 0.2) is 0 Å². The average Bonchev–Trinajstić information content (AvgIpc) is 2.55. The van der Waals surface area contributed by atoms with E-state index in [2.05, 4.69) is 17.6 Å². The first-order chi connectivity index (χ1) is 10.5. The van der Waals surface area contributed by atoms with Crippen LogP contribution in [0.25, 0.3) is 0 Å². The van der Waals surface area contributed by atoms with Crippen LogP contribution in [0.5, 0.6) is 0 Å². The number of benzene rings is 1. The lowest BCUT2D eigenvalue weighted by molar-refractivity contribution is 0.0802. The van der Waals surface area contributed by atoms with Crippen LogP contribution in [-0.2, 0) is 0 Å². The van der Waals surface area contributed by atoms with Gasteiger partial charge in [-0.2, -0.15) is 0 Å². The molecule has 2 N–H and O–H groups in total. The maximum absolute atomic E-state index is 12.4. The van der Waals surface area contributed by atoms with Gasteiger partial charge in [0.25, 0.3) is 11.8 Å². The molecule has 2 amide bonds. The summed E-state index contributed by atoms with van der Waals surface area (Å²) in [6.45, 7) is 6.54. The molecule has 2 atom stereocenters. The van der Waals surface area contributed by atoms with Gasteiger partial charge < -0.3 is 15.5 Å². The molecular formula is C17H25N3O2. The predicted octanol–water partition coefficient (Wildman–Crippen LogP) is 1.51. The number of amides is 2. The molecule has 120 valence electrons. The first kappa shape index (κ1) is 16.5. The van der Waals surface area contributed by atoms with Crippen molar-refractivity contribution in [2.75, 3.05) is 26.7 Å². The van der Waals surface area contributed by atoms with Crippen molar-refractivity contribution < 1.29 is 9.59 Å². The molecule has 1 heterocycles. The van der Waals surface area contributed by atoms with E-state index in [0.717, 1.165) is 19.5 Å². The summed E-state index contributed by atoms with van der Waals surface area (Å²) in [7, 11) is 1.76. The second kappa shape index (κ2) is 7.40. The molecule has 1 aromatic carbocycles. The second-order valence-electron chi connectivity index (χ2n) is 5.95. The number of nitrogens with zero attached hydrogens (tertiary/aromatic N) is 1. The maximum atomic E-state index is 12.4. The van der Waals surface area contributed by atoms with Crippen LogP contribution in [-0.4, -0.2) is 49.4 Å². The normalized spacial score (nSPS) is 21.2. The fraction of sp³-hybridized carbons (Fsp3) is 0.529. The molecule has 0 spiro atoms. The Labute approximate surface area is 132 Å². The third-order valence-electron chi connectivity index (χ3n) is 4.29. The first-order valence-electron chi connectivity index (χ1n) is 7.90. The minimum Gasteiger partial charge on any atom is -0.349 e. The summed E-state index contributed by atoms with van der Waals surface area (Å²) < 4.78 is 0. The molecular weight excluding hydrogens is 278 g/mol. The Balaban J connectivity index is 2.08. The van der Waals surface area contributed by atoms with Crippen LogP contribution >= 0.6 is 0 Å².